The maximum atomic E-state index is 13.1. The minimum atomic E-state index is -0.205. The zero-order chi connectivity index (χ0) is 25.9. The second-order valence-electron chi connectivity index (χ2n) is 9.39. The molecule has 5 aromatic rings. The van der Waals surface area contributed by atoms with Crippen molar-refractivity contribution in [3.05, 3.63) is 102 Å². The molecule has 192 valence electrons. The number of aromatic nitrogens is 3. The van der Waals surface area contributed by atoms with Gasteiger partial charge in [0.05, 0.1) is 24.0 Å². The second kappa shape index (κ2) is 10.7. The van der Waals surface area contributed by atoms with E-state index in [1.807, 2.05) is 70.6 Å². The Morgan fingerprint density at radius 3 is 2.50 bits per heavy atom. The molecule has 38 heavy (non-hydrogen) atoms. The van der Waals surface area contributed by atoms with Crippen molar-refractivity contribution < 1.29 is 9.18 Å². The number of anilines is 2. The van der Waals surface area contributed by atoms with E-state index < -0.39 is 0 Å². The van der Waals surface area contributed by atoms with Gasteiger partial charge in [-0.25, -0.2) is 14.4 Å². The quantitative estimate of drug-likeness (QED) is 0.320. The van der Waals surface area contributed by atoms with Crippen molar-refractivity contribution in [2.24, 2.45) is 0 Å². The average molecular weight is 527 g/mol. The summed E-state index contributed by atoms with van der Waals surface area (Å²) in [4.78, 5) is 27.6. The third kappa shape index (κ3) is 5.44. The molecule has 0 spiro atoms. The number of benzene rings is 2. The van der Waals surface area contributed by atoms with Crippen molar-refractivity contribution in [1.29, 1.82) is 0 Å². The summed E-state index contributed by atoms with van der Waals surface area (Å²) in [6.45, 7) is 4.36. The van der Waals surface area contributed by atoms with E-state index in [2.05, 4.69) is 20.1 Å². The Balaban J connectivity index is 1.03. The molecular formula is C29H27FN6OS. The second-order valence-corrected chi connectivity index (χ2v) is 10.2. The number of imidazole rings is 1. The number of carbonyl (C=O) groups is 1. The lowest BCUT2D eigenvalue weighted by atomic mass is 10.2. The van der Waals surface area contributed by atoms with E-state index in [1.54, 1.807) is 6.20 Å². The van der Waals surface area contributed by atoms with Crippen LogP contribution in [0, 0.1) is 5.82 Å². The van der Waals surface area contributed by atoms with E-state index in [9.17, 15) is 9.18 Å². The first-order chi connectivity index (χ1) is 18.6. The lowest BCUT2D eigenvalue weighted by Gasteiger charge is -2.35. The van der Waals surface area contributed by atoms with Gasteiger partial charge in [0.15, 0.2) is 4.96 Å². The summed E-state index contributed by atoms with van der Waals surface area (Å²) in [6, 6.07) is 20.6. The summed E-state index contributed by atoms with van der Waals surface area (Å²) in [7, 11) is 0. The third-order valence-electron chi connectivity index (χ3n) is 6.74. The molecule has 0 atom stereocenters. The molecule has 0 aliphatic carbocycles. The van der Waals surface area contributed by atoms with E-state index in [-0.39, 0.29) is 18.1 Å². The molecule has 1 saturated heterocycles. The van der Waals surface area contributed by atoms with Gasteiger partial charge in [0.2, 0.25) is 5.91 Å². The van der Waals surface area contributed by atoms with Gasteiger partial charge in [-0.2, -0.15) is 0 Å². The van der Waals surface area contributed by atoms with Gasteiger partial charge in [-0.3, -0.25) is 14.1 Å². The van der Waals surface area contributed by atoms with Crippen molar-refractivity contribution in [2.75, 3.05) is 36.4 Å². The molecule has 1 amide bonds. The zero-order valence-corrected chi connectivity index (χ0v) is 21.6. The topological polar surface area (TPSA) is 65.8 Å². The Labute approximate surface area is 224 Å². The molecule has 0 bridgehead atoms. The highest BCUT2D eigenvalue weighted by molar-refractivity contribution is 7.15. The molecule has 1 aliphatic heterocycles. The fourth-order valence-corrected chi connectivity index (χ4v) is 5.58. The Hall–Kier alpha value is -4.08. The van der Waals surface area contributed by atoms with E-state index in [1.165, 1.54) is 23.5 Å². The van der Waals surface area contributed by atoms with Crippen LogP contribution in [0.25, 0.3) is 16.2 Å². The molecule has 3 aromatic heterocycles. The normalized spacial score (nSPS) is 14.2. The lowest BCUT2D eigenvalue weighted by Crippen LogP contribution is -2.46. The number of rotatable bonds is 7. The predicted molar refractivity (Wildman–Crippen MR) is 149 cm³/mol. The Morgan fingerprint density at radius 2 is 1.76 bits per heavy atom. The number of thiazole rings is 1. The third-order valence-corrected chi connectivity index (χ3v) is 7.63. The minimum absolute atomic E-state index is 0.0939. The Kier molecular flexibility index (Phi) is 6.85. The average Bonchev–Trinajstić information content (AvgIpc) is 3.53. The maximum Gasteiger partial charge on any atom is 0.230 e. The largest absolute Gasteiger partial charge is 0.354 e. The SMILES string of the molecule is O=C(Cc1csc2nc(-c3ccccc3)cn12)Nc1ccc(N2CCN(Cc3ccc(F)cc3)CC2)nc1. The van der Waals surface area contributed by atoms with E-state index in [4.69, 9.17) is 4.98 Å². The number of carbonyl (C=O) groups excluding carboxylic acids is 1. The van der Waals surface area contributed by atoms with Gasteiger partial charge in [-0.1, -0.05) is 42.5 Å². The number of pyridine rings is 1. The molecule has 1 fully saturated rings. The number of halogens is 1. The summed E-state index contributed by atoms with van der Waals surface area (Å²) in [6.07, 6.45) is 3.95. The van der Waals surface area contributed by atoms with Crippen LogP contribution in [0.3, 0.4) is 0 Å². The van der Waals surface area contributed by atoms with Crippen LogP contribution in [-0.4, -0.2) is 51.4 Å². The zero-order valence-electron chi connectivity index (χ0n) is 20.8. The fraction of sp³-hybridized carbons (Fsp3) is 0.207. The van der Waals surface area contributed by atoms with Crippen LogP contribution in [0.15, 0.2) is 84.5 Å². The molecule has 0 saturated carbocycles. The number of nitrogens with one attached hydrogen (secondary N) is 1. The molecule has 1 aliphatic rings. The first-order valence-corrected chi connectivity index (χ1v) is 13.5. The molecule has 9 heteroatoms. The van der Waals surface area contributed by atoms with Gasteiger partial charge in [0, 0.05) is 55.6 Å². The highest BCUT2D eigenvalue weighted by Gasteiger charge is 2.18. The Bertz CT molecular complexity index is 1520. The van der Waals surface area contributed by atoms with Gasteiger partial charge in [0.25, 0.3) is 0 Å². The van der Waals surface area contributed by atoms with E-state index >= 15 is 0 Å². The molecule has 6 rings (SSSR count). The Morgan fingerprint density at radius 1 is 0.974 bits per heavy atom. The first-order valence-electron chi connectivity index (χ1n) is 12.6. The van der Waals surface area contributed by atoms with Gasteiger partial charge in [0.1, 0.15) is 11.6 Å². The minimum Gasteiger partial charge on any atom is -0.354 e. The van der Waals surface area contributed by atoms with Crippen molar-refractivity contribution in [2.45, 2.75) is 13.0 Å². The molecule has 1 N–H and O–H groups in total. The van der Waals surface area contributed by atoms with Crippen LogP contribution in [0.2, 0.25) is 0 Å². The van der Waals surface area contributed by atoms with Crippen LogP contribution in [0.4, 0.5) is 15.9 Å². The van der Waals surface area contributed by atoms with Crippen molar-refractivity contribution >= 4 is 33.7 Å². The molecule has 7 nitrogen and oxygen atoms in total. The fourth-order valence-electron chi connectivity index (χ4n) is 4.70. The van der Waals surface area contributed by atoms with Crippen molar-refractivity contribution in [1.82, 2.24) is 19.3 Å². The predicted octanol–water partition coefficient (Wildman–Crippen LogP) is 5.10. The van der Waals surface area contributed by atoms with E-state index in [0.29, 0.717) is 5.69 Å². The molecule has 0 radical (unpaired) electrons. The summed E-state index contributed by atoms with van der Waals surface area (Å²) >= 11 is 1.53. The molecule has 0 unspecified atom stereocenters. The van der Waals surface area contributed by atoms with E-state index in [0.717, 1.165) is 66.0 Å². The maximum absolute atomic E-state index is 13.1. The number of piperazine rings is 1. The number of hydrogen-bond donors (Lipinski definition) is 1. The van der Waals surface area contributed by atoms with Gasteiger partial charge < -0.3 is 10.2 Å². The molecule has 2 aromatic carbocycles. The van der Waals surface area contributed by atoms with Crippen LogP contribution in [0.5, 0.6) is 0 Å². The summed E-state index contributed by atoms with van der Waals surface area (Å²) < 4.78 is 15.1. The van der Waals surface area contributed by atoms with Crippen molar-refractivity contribution in [3.8, 4) is 11.3 Å². The lowest BCUT2D eigenvalue weighted by molar-refractivity contribution is -0.115. The standard InChI is InChI=1S/C29H27FN6OS/c30-23-8-6-21(7-9-23)18-34-12-14-35(15-13-34)27-11-10-24(17-31-27)32-28(37)16-25-20-38-29-33-26(19-36(25)29)22-4-2-1-3-5-22/h1-11,17,19-20H,12-16,18H2,(H,32,37). The van der Waals surface area contributed by atoms with Crippen LogP contribution in [0.1, 0.15) is 11.3 Å². The summed E-state index contributed by atoms with van der Waals surface area (Å²) in [5.41, 5.74) is 4.65. The smallest absolute Gasteiger partial charge is 0.230 e. The highest BCUT2D eigenvalue weighted by atomic mass is 32.1. The van der Waals surface area contributed by atoms with Crippen molar-refractivity contribution in [3.63, 3.8) is 0 Å². The molecular weight excluding hydrogens is 499 g/mol. The van der Waals surface area contributed by atoms with Crippen LogP contribution in [-0.2, 0) is 17.8 Å². The number of amides is 1. The summed E-state index contributed by atoms with van der Waals surface area (Å²) in [5, 5.41) is 4.95. The van der Waals surface area contributed by atoms with Crippen LogP contribution < -0.4 is 10.2 Å². The highest BCUT2D eigenvalue weighted by Crippen LogP contribution is 2.24. The number of nitrogens with zero attached hydrogens (tertiary/aromatic N) is 5. The monoisotopic (exact) mass is 526 g/mol. The molecule has 4 heterocycles. The number of hydrogen-bond acceptors (Lipinski definition) is 6. The van der Waals surface area contributed by atoms with Gasteiger partial charge in [-0.15, -0.1) is 11.3 Å². The number of fused-ring (bicyclic) bond motifs is 1. The van der Waals surface area contributed by atoms with Gasteiger partial charge in [-0.05, 0) is 29.8 Å². The van der Waals surface area contributed by atoms with Gasteiger partial charge >= 0.3 is 0 Å². The van der Waals surface area contributed by atoms with Crippen LogP contribution >= 0.6 is 11.3 Å². The first kappa shape index (κ1) is 24.3. The summed E-state index contributed by atoms with van der Waals surface area (Å²) in [5.74, 6) is 0.600.